The number of carbonyl (C=O) groups excluding carboxylic acids is 1. The van der Waals surface area contributed by atoms with E-state index in [-0.39, 0.29) is 11.6 Å². The molecule has 1 aliphatic carbocycles. The number of rotatable bonds is 7. The van der Waals surface area contributed by atoms with Crippen LogP contribution in [0.3, 0.4) is 0 Å². The first kappa shape index (κ1) is 17.4. The number of nitro groups is 1. The molecule has 23 heavy (non-hydrogen) atoms. The number of hydrogen-bond acceptors (Lipinski definition) is 4. The summed E-state index contributed by atoms with van der Waals surface area (Å²) in [6.07, 6.45) is 7.26. The van der Waals surface area contributed by atoms with Crippen LogP contribution < -0.4 is 5.32 Å². The molecule has 0 atom stereocenters. The molecule has 0 heterocycles. The van der Waals surface area contributed by atoms with E-state index in [4.69, 9.17) is 4.74 Å². The summed E-state index contributed by atoms with van der Waals surface area (Å²) >= 11 is 0. The monoisotopic (exact) mass is 320 g/mol. The normalized spacial score (nSPS) is 15.3. The molecular weight excluding hydrogens is 296 g/mol. The van der Waals surface area contributed by atoms with Gasteiger partial charge >= 0.3 is 0 Å². The van der Waals surface area contributed by atoms with Crippen molar-refractivity contribution >= 4 is 11.6 Å². The zero-order valence-electron chi connectivity index (χ0n) is 13.5. The van der Waals surface area contributed by atoms with E-state index in [9.17, 15) is 14.9 Å². The number of carbonyl (C=O) groups is 1. The van der Waals surface area contributed by atoms with Gasteiger partial charge in [-0.2, -0.15) is 0 Å². The average molecular weight is 320 g/mol. The van der Waals surface area contributed by atoms with Gasteiger partial charge in [-0.05, 0) is 38.3 Å². The highest BCUT2D eigenvalue weighted by molar-refractivity contribution is 5.94. The fourth-order valence-electron chi connectivity index (χ4n) is 2.86. The smallest absolute Gasteiger partial charge is 0.272 e. The molecule has 1 fully saturated rings. The van der Waals surface area contributed by atoms with Gasteiger partial charge in [0.2, 0.25) is 0 Å². The second-order valence-electron chi connectivity index (χ2n) is 6.00. The van der Waals surface area contributed by atoms with Crippen molar-refractivity contribution in [2.45, 2.75) is 51.6 Å². The van der Waals surface area contributed by atoms with E-state index in [0.29, 0.717) is 30.4 Å². The van der Waals surface area contributed by atoms with E-state index in [2.05, 4.69) is 5.32 Å². The fourth-order valence-corrected chi connectivity index (χ4v) is 2.86. The Morgan fingerprint density at radius 3 is 2.74 bits per heavy atom. The van der Waals surface area contributed by atoms with Gasteiger partial charge in [0.05, 0.1) is 11.0 Å². The number of nitro benzene ring substituents is 1. The topological polar surface area (TPSA) is 81.5 Å². The summed E-state index contributed by atoms with van der Waals surface area (Å²) in [6, 6.07) is 4.40. The van der Waals surface area contributed by atoms with E-state index in [1.165, 1.54) is 31.4 Å². The molecule has 1 N–H and O–H groups in total. The summed E-state index contributed by atoms with van der Waals surface area (Å²) < 4.78 is 5.81. The Kier molecular flexibility index (Phi) is 6.52. The molecule has 1 saturated carbocycles. The minimum Gasteiger partial charge on any atom is -0.378 e. The molecular formula is C17H24N2O4. The lowest BCUT2D eigenvalue weighted by Gasteiger charge is -2.21. The lowest BCUT2D eigenvalue weighted by Crippen LogP contribution is -2.26. The molecule has 1 aliphatic rings. The van der Waals surface area contributed by atoms with Gasteiger partial charge in [-0.25, -0.2) is 0 Å². The Labute approximate surface area is 136 Å². The molecule has 0 spiro atoms. The maximum absolute atomic E-state index is 12.0. The van der Waals surface area contributed by atoms with E-state index >= 15 is 0 Å². The van der Waals surface area contributed by atoms with Gasteiger partial charge in [-0.1, -0.05) is 19.3 Å². The average Bonchev–Trinajstić information content (AvgIpc) is 2.55. The van der Waals surface area contributed by atoms with Crippen LogP contribution in [0.5, 0.6) is 0 Å². The molecule has 0 bridgehead atoms. The predicted octanol–water partition coefficient (Wildman–Crippen LogP) is 3.37. The number of nitrogens with zero attached hydrogens (tertiary/aromatic N) is 1. The van der Waals surface area contributed by atoms with Crippen LogP contribution in [0.15, 0.2) is 18.2 Å². The molecule has 0 aromatic heterocycles. The largest absolute Gasteiger partial charge is 0.378 e. The summed E-state index contributed by atoms with van der Waals surface area (Å²) in [7, 11) is 0. The molecule has 6 nitrogen and oxygen atoms in total. The fraction of sp³-hybridized carbons (Fsp3) is 0.588. The van der Waals surface area contributed by atoms with E-state index in [1.807, 2.05) is 0 Å². The van der Waals surface area contributed by atoms with Crippen molar-refractivity contribution in [2.75, 3.05) is 13.2 Å². The molecule has 0 radical (unpaired) electrons. The number of benzene rings is 1. The zero-order valence-corrected chi connectivity index (χ0v) is 13.5. The lowest BCUT2D eigenvalue weighted by atomic mass is 9.98. The number of hydrogen-bond donors (Lipinski definition) is 1. The quantitative estimate of drug-likeness (QED) is 0.474. The first-order valence-electron chi connectivity index (χ1n) is 8.23. The Morgan fingerprint density at radius 1 is 1.35 bits per heavy atom. The molecule has 1 aromatic carbocycles. The molecule has 0 saturated heterocycles. The van der Waals surface area contributed by atoms with Crippen molar-refractivity contribution in [1.82, 2.24) is 5.32 Å². The van der Waals surface area contributed by atoms with Crippen LogP contribution in [0.2, 0.25) is 0 Å². The Bertz CT molecular complexity index is 554. The predicted molar refractivity (Wildman–Crippen MR) is 87.6 cm³/mol. The van der Waals surface area contributed by atoms with Crippen molar-refractivity contribution in [1.29, 1.82) is 0 Å². The third kappa shape index (κ3) is 5.32. The summed E-state index contributed by atoms with van der Waals surface area (Å²) in [5.74, 6) is -0.208. The molecule has 2 rings (SSSR count). The number of ether oxygens (including phenoxy) is 1. The standard InChI is InChI=1S/C17H24N2O4/c1-13-12-14(8-9-16(13)19(21)22)17(20)18-10-5-11-23-15-6-3-2-4-7-15/h8-9,12,15H,2-7,10-11H2,1H3,(H,18,20). The van der Waals surface area contributed by atoms with Crippen LogP contribution in [0.4, 0.5) is 5.69 Å². The van der Waals surface area contributed by atoms with Crippen LogP contribution in [0.25, 0.3) is 0 Å². The minimum atomic E-state index is -0.445. The van der Waals surface area contributed by atoms with Gasteiger partial charge in [0, 0.05) is 30.3 Å². The van der Waals surface area contributed by atoms with E-state index < -0.39 is 4.92 Å². The van der Waals surface area contributed by atoms with Crippen LogP contribution in [0, 0.1) is 17.0 Å². The first-order chi connectivity index (χ1) is 11.1. The maximum Gasteiger partial charge on any atom is 0.272 e. The molecule has 0 aliphatic heterocycles. The van der Waals surface area contributed by atoms with Crippen molar-refractivity contribution in [2.24, 2.45) is 0 Å². The highest BCUT2D eigenvalue weighted by Crippen LogP contribution is 2.20. The lowest BCUT2D eigenvalue weighted by molar-refractivity contribution is -0.385. The second kappa shape index (κ2) is 8.62. The van der Waals surface area contributed by atoms with Gasteiger partial charge in [0.15, 0.2) is 0 Å². The number of nitrogens with one attached hydrogen (secondary N) is 1. The van der Waals surface area contributed by atoms with Gasteiger partial charge in [-0.3, -0.25) is 14.9 Å². The van der Waals surface area contributed by atoms with Crippen LogP contribution in [0.1, 0.15) is 54.4 Å². The molecule has 1 aromatic rings. The summed E-state index contributed by atoms with van der Waals surface area (Å²) in [4.78, 5) is 22.3. The number of amides is 1. The van der Waals surface area contributed by atoms with E-state index in [0.717, 1.165) is 19.3 Å². The molecule has 6 heteroatoms. The summed E-state index contributed by atoms with van der Waals surface area (Å²) in [6.45, 7) is 2.83. The minimum absolute atomic E-state index is 0.0300. The Morgan fingerprint density at radius 2 is 2.09 bits per heavy atom. The molecule has 0 unspecified atom stereocenters. The third-order valence-corrected chi connectivity index (χ3v) is 4.17. The number of aryl methyl sites for hydroxylation is 1. The first-order valence-corrected chi connectivity index (χ1v) is 8.23. The van der Waals surface area contributed by atoms with Crippen molar-refractivity contribution in [3.8, 4) is 0 Å². The van der Waals surface area contributed by atoms with Gasteiger partial charge in [0.25, 0.3) is 11.6 Å². The van der Waals surface area contributed by atoms with Gasteiger partial charge in [-0.15, -0.1) is 0 Å². The second-order valence-corrected chi connectivity index (χ2v) is 6.00. The zero-order chi connectivity index (χ0) is 16.7. The van der Waals surface area contributed by atoms with E-state index in [1.54, 1.807) is 13.0 Å². The van der Waals surface area contributed by atoms with Crippen molar-refractivity contribution < 1.29 is 14.5 Å². The van der Waals surface area contributed by atoms with Crippen molar-refractivity contribution in [3.63, 3.8) is 0 Å². The molecule has 126 valence electrons. The molecule has 1 amide bonds. The van der Waals surface area contributed by atoms with Crippen LogP contribution in [-0.4, -0.2) is 30.1 Å². The maximum atomic E-state index is 12.0. The SMILES string of the molecule is Cc1cc(C(=O)NCCCOC2CCCCC2)ccc1[N+](=O)[O-]. The Hall–Kier alpha value is -1.95. The van der Waals surface area contributed by atoms with Gasteiger partial charge in [0.1, 0.15) is 0 Å². The van der Waals surface area contributed by atoms with Crippen molar-refractivity contribution in [3.05, 3.63) is 39.4 Å². The third-order valence-electron chi connectivity index (χ3n) is 4.17. The highest BCUT2D eigenvalue weighted by Gasteiger charge is 2.14. The summed E-state index contributed by atoms with van der Waals surface area (Å²) in [5, 5.41) is 13.6. The highest BCUT2D eigenvalue weighted by atomic mass is 16.6. The summed E-state index contributed by atoms with van der Waals surface area (Å²) in [5.41, 5.74) is 0.965. The Balaban J connectivity index is 1.70. The van der Waals surface area contributed by atoms with Gasteiger partial charge < -0.3 is 10.1 Å². The van der Waals surface area contributed by atoms with Crippen LogP contribution >= 0.6 is 0 Å². The van der Waals surface area contributed by atoms with Crippen LogP contribution in [-0.2, 0) is 4.74 Å².